The molecule has 4 rings (SSSR count). The zero-order valence-corrected chi connectivity index (χ0v) is 17.7. The highest BCUT2D eigenvalue weighted by molar-refractivity contribution is 14.1. The van der Waals surface area contributed by atoms with E-state index >= 15 is 0 Å². The minimum atomic E-state index is -0.185. The van der Waals surface area contributed by atoms with Crippen LogP contribution in [0, 0.1) is 17.4 Å². The van der Waals surface area contributed by atoms with Crippen LogP contribution in [0.4, 0.5) is 5.69 Å². The molecular weight excluding hydrogens is 463 g/mol. The molecule has 3 aromatic rings. The maximum atomic E-state index is 13.4. The van der Waals surface area contributed by atoms with E-state index in [1.54, 1.807) is 28.8 Å². The molecule has 5 heteroatoms. The number of benzene rings is 2. The average molecular weight is 481 g/mol. The Morgan fingerprint density at radius 1 is 0.821 bits per heavy atom. The number of carbonyl (C=O) groups is 2. The monoisotopic (exact) mass is 481 g/mol. The number of aryl methyl sites for hydroxylation is 2. The molecule has 4 nitrogen and oxygen atoms in total. The van der Waals surface area contributed by atoms with Crippen LogP contribution in [-0.2, 0) is 0 Å². The molecule has 1 aliphatic rings. The quantitative estimate of drug-likeness (QED) is 0.441. The fourth-order valence-electron chi connectivity index (χ4n) is 3.44. The first-order chi connectivity index (χ1) is 13.4. The fraction of sp³-hybridized carbons (Fsp3) is 0.0870. The van der Waals surface area contributed by atoms with E-state index in [0.29, 0.717) is 22.5 Å². The molecule has 28 heavy (non-hydrogen) atoms. The maximum Gasteiger partial charge on any atom is 0.286 e. The number of pyridine rings is 1. The number of halogens is 1. The molecule has 0 radical (unpaired) electrons. The van der Waals surface area contributed by atoms with Crippen molar-refractivity contribution in [2.75, 3.05) is 5.32 Å². The molecule has 138 valence electrons. The lowest BCUT2D eigenvalue weighted by Gasteiger charge is -2.18. The highest BCUT2D eigenvalue weighted by Gasteiger charge is 2.38. The van der Waals surface area contributed by atoms with E-state index in [0.717, 1.165) is 20.4 Å². The van der Waals surface area contributed by atoms with Gasteiger partial charge in [0.1, 0.15) is 0 Å². The number of Topliss-reactive ketones (excluding diaryl/α,β-unsaturated/α-hetero) is 2. The Labute approximate surface area is 177 Å². The SMILES string of the molecule is Cc1cc(C)c[n+](C2=C(Nc3ccc(I)cc3)C(=O)c3ccccc3C2=O)c1. The van der Waals surface area contributed by atoms with Crippen LogP contribution in [0.1, 0.15) is 31.8 Å². The van der Waals surface area contributed by atoms with Crippen LogP contribution >= 0.6 is 22.6 Å². The number of hydrogen-bond acceptors (Lipinski definition) is 3. The molecule has 1 aliphatic carbocycles. The van der Waals surface area contributed by atoms with Gasteiger partial charge in [0.15, 0.2) is 18.1 Å². The Bertz CT molecular complexity index is 1130. The zero-order valence-electron chi connectivity index (χ0n) is 15.5. The minimum Gasteiger partial charge on any atom is -0.347 e. The van der Waals surface area contributed by atoms with Crippen molar-refractivity contribution in [1.29, 1.82) is 0 Å². The molecule has 0 amide bonds. The van der Waals surface area contributed by atoms with Gasteiger partial charge in [0.05, 0.1) is 0 Å². The lowest BCUT2D eigenvalue weighted by molar-refractivity contribution is -0.578. The summed E-state index contributed by atoms with van der Waals surface area (Å²) in [5.41, 5.74) is 4.28. The Morgan fingerprint density at radius 2 is 1.39 bits per heavy atom. The lowest BCUT2D eigenvalue weighted by atomic mass is 9.90. The predicted octanol–water partition coefficient (Wildman–Crippen LogP) is 4.56. The molecule has 0 saturated heterocycles. The van der Waals surface area contributed by atoms with Gasteiger partial charge in [0, 0.05) is 31.5 Å². The van der Waals surface area contributed by atoms with Crippen molar-refractivity contribution in [2.45, 2.75) is 13.8 Å². The Morgan fingerprint density at radius 3 is 2.00 bits per heavy atom. The third-order valence-electron chi connectivity index (χ3n) is 4.61. The van der Waals surface area contributed by atoms with E-state index in [-0.39, 0.29) is 11.6 Å². The topological polar surface area (TPSA) is 50.1 Å². The van der Waals surface area contributed by atoms with E-state index in [1.165, 1.54) is 0 Å². The minimum absolute atomic E-state index is 0.168. The number of hydrogen-bond donors (Lipinski definition) is 1. The summed E-state index contributed by atoms with van der Waals surface area (Å²) in [6.45, 7) is 3.94. The molecule has 0 atom stereocenters. The number of aromatic nitrogens is 1. The summed E-state index contributed by atoms with van der Waals surface area (Å²) < 4.78 is 2.85. The van der Waals surface area contributed by atoms with Crippen LogP contribution in [-0.4, -0.2) is 11.6 Å². The largest absolute Gasteiger partial charge is 0.347 e. The summed E-state index contributed by atoms with van der Waals surface area (Å²) in [5.74, 6) is -0.353. The van der Waals surface area contributed by atoms with E-state index in [9.17, 15) is 9.59 Å². The molecule has 1 heterocycles. The molecule has 1 aromatic heterocycles. The second kappa shape index (κ2) is 7.31. The summed E-state index contributed by atoms with van der Waals surface area (Å²) in [6.07, 6.45) is 3.74. The van der Waals surface area contributed by atoms with E-state index in [4.69, 9.17) is 0 Å². The summed E-state index contributed by atoms with van der Waals surface area (Å²) in [6, 6.07) is 16.7. The van der Waals surface area contributed by atoms with Crippen LogP contribution in [0.3, 0.4) is 0 Å². The van der Waals surface area contributed by atoms with Crippen LogP contribution in [0.15, 0.2) is 72.7 Å². The van der Waals surface area contributed by atoms with Gasteiger partial charge in [-0.25, -0.2) is 0 Å². The maximum absolute atomic E-state index is 13.4. The van der Waals surface area contributed by atoms with Gasteiger partial charge >= 0.3 is 0 Å². The van der Waals surface area contributed by atoms with E-state index in [2.05, 4.69) is 27.9 Å². The number of nitrogens with one attached hydrogen (secondary N) is 1. The van der Waals surface area contributed by atoms with Crippen molar-refractivity contribution in [3.8, 4) is 0 Å². The van der Waals surface area contributed by atoms with Gasteiger partial charge < -0.3 is 5.32 Å². The summed E-state index contributed by atoms with van der Waals surface area (Å²) >= 11 is 2.23. The van der Waals surface area contributed by atoms with Gasteiger partial charge in [0.25, 0.3) is 11.5 Å². The molecule has 0 aliphatic heterocycles. The zero-order chi connectivity index (χ0) is 19.8. The van der Waals surface area contributed by atoms with Crippen molar-refractivity contribution in [1.82, 2.24) is 0 Å². The number of nitrogens with zero attached hydrogens (tertiary/aromatic N) is 1. The third kappa shape index (κ3) is 3.38. The molecule has 1 N–H and O–H groups in total. The van der Waals surface area contributed by atoms with E-state index < -0.39 is 0 Å². The van der Waals surface area contributed by atoms with Crippen LogP contribution in [0.5, 0.6) is 0 Å². The predicted molar refractivity (Wildman–Crippen MR) is 117 cm³/mol. The van der Waals surface area contributed by atoms with Crippen molar-refractivity contribution >= 4 is 45.5 Å². The summed E-state index contributed by atoms with van der Waals surface area (Å²) in [7, 11) is 0. The van der Waals surface area contributed by atoms with Gasteiger partial charge in [-0.3, -0.25) is 9.59 Å². The van der Waals surface area contributed by atoms with Crippen molar-refractivity contribution in [3.63, 3.8) is 0 Å². The number of allylic oxidation sites excluding steroid dienone is 2. The molecule has 0 saturated carbocycles. The Balaban J connectivity index is 1.94. The number of anilines is 1. The van der Waals surface area contributed by atoms with Gasteiger partial charge in [-0.2, -0.15) is 4.57 Å². The lowest BCUT2D eigenvalue weighted by Crippen LogP contribution is -2.42. The van der Waals surface area contributed by atoms with Crippen molar-refractivity contribution in [2.24, 2.45) is 0 Å². The number of fused-ring (bicyclic) bond motifs is 1. The van der Waals surface area contributed by atoms with Crippen LogP contribution < -0.4 is 9.88 Å². The summed E-state index contributed by atoms with van der Waals surface area (Å²) in [5, 5.41) is 3.20. The van der Waals surface area contributed by atoms with Gasteiger partial charge in [-0.05, 0) is 66.8 Å². The second-order valence-electron chi connectivity index (χ2n) is 6.86. The molecular formula is C23H18IN2O2+. The Kier molecular flexibility index (Phi) is 4.85. The standard InChI is InChI=1S/C23H17IN2O2/c1-14-11-15(2)13-26(12-14)21-20(25-17-9-7-16(24)8-10-17)22(27)18-5-3-4-6-19(18)23(21)28/h3-13H,1-2H3/p+1. The average Bonchev–Trinajstić information content (AvgIpc) is 2.67. The third-order valence-corrected chi connectivity index (χ3v) is 5.33. The van der Waals surface area contributed by atoms with Crippen LogP contribution in [0.2, 0.25) is 0 Å². The normalized spacial score (nSPS) is 13.5. The second-order valence-corrected chi connectivity index (χ2v) is 8.10. The fourth-order valence-corrected chi connectivity index (χ4v) is 3.80. The first-order valence-corrected chi connectivity index (χ1v) is 9.97. The van der Waals surface area contributed by atoms with Crippen LogP contribution in [0.25, 0.3) is 5.70 Å². The van der Waals surface area contributed by atoms with Gasteiger partial charge in [-0.1, -0.05) is 24.3 Å². The van der Waals surface area contributed by atoms with Crippen molar-refractivity contribution in [3.05, 3.63) is 98.5 Å². The highest BCUT2D eigenvalue weighted by atomic mass is 127. The molecule has 0 bridgehead atoms. The first kappa shape index (κ1) is 18.6. The first-order valence-electron chi connectivity index (χ1n) is 8.89. The molecule has 2 aromatic carbocycles. The summed E-state index contributed by atoms with van der Waals surface area (Å²) in [4.78, 5) is 26.7. The smallest absolute Gasteiger partial charge is 0.286 e. The highest BCUT2D eigenvalue weighted by Crippen LogP contribution is 2.28. The van der Waals surface area contributed by atoms with Crippen molar-refractivity contribution < 1.29 is 14.2 Å². The Hall–Kier alpha value is -2.80. The number of ketones is 2. The molecule has 0 fully saturated rings. The molecule has 0 spiro atoms. The van der Waals surface area contributed by atoms with Gasteiger partial charge in [0.2, 0.25) is 5.78 Å². The number of carbonyl (C=O) groups excluding carboxylic acids is 2. The van der Waals surface area contributed by atoms with Gasteiger partial charge in [-0.15, -0.1) is 0 Å². The van der Waals surface area contributed by atoms with E-state index in [1.807, 2.05) is 56.6 Å². The number of rotatable bonds is 3. The molecule has 0 unspecified atom stereocenters.